The number of nitrogens with one attached hydrogen (secondary N) is 1. The summed E-state index contributed by atoms with van der Waals surface area (Å²) in [5.41, 5.74) is 0.00172. The predicted octanol–water partition coefficient (Wildman–Crippen LogP) is 3.28. The fraction of sp³-hybridized carbons (Fsp3) is 0.250. The summed E-state index contributed by atoms with van der Waals surface area (Å²) in [7, 11) is -4.26. The van der Waals surface area contributed by atoms with Crippen LogP contribution in [0.1, 0.15) is 17.5 Å². The van der Waals surface area contributed by atoms with E-state index < -0.39 is 28.1 Å². The number of nitrogens with two attached hydrogens (primary N) is 1. The maximum absolute atomic E-state index is 13.0. The largest absolute Gasteiger partial charge is 0.416 e. The van der Waals surface area contributed by atoms with Crippen molar-refractivity contribution in [2.45, 2.75) is 30.1 Å². The molecule has 0 fully saturated rings. The van der Waals surface area contributed by atoms with Gasteiger partial charge in [0.05, 0.1) is 11.3 Å². The van der Waals surface area contributed by atoms with Gasteiger partial charge in [-0.1, -0.05) is 30.3 Å². The first kappa shape index (κ1) is 19.0. The average molecular weight is 403 g/mol. The molecule has 0 bridgehead atoms. The van der Waals surface area contributed by atoms with Crippen molar-refractivity contribution >= 4 is 27.8 Å². The summed E-state index contributed by atoms with van der Waals surface area (Å²) < 4.78 is 67.1. The van der Waals surface area contributed by atoms with Crippen LogP contribution in [0.25, 0.3) is 0 Å². The van der Waals surface area contributed by atoms with E-state index in [1.54, 1.807) is 0 Å². The Hall–Kier alpha value is -1.75. The van der Waals surface area contributed by atoms with Crippen LogP contribution in [0.5, 0.6) is 0 Å². The Morgan fingerprint density at radius 1 is 1.15 bits per heavy atom. The molecule has 2 aromatic carbocycles. The third-order valence-corrected chi connectivity index (χ3v) is 5.89. The van der Waals surface area contributed by atoms with Gasteiger partial charge in [-0.2, -0.15) is 21.6 Å². The van der Waals surface area contributed by atoms with Crippen molar-refractivity contribution in [3.05, 3.63) is 59.7 Å². The zero-order chi connectivity index (χ0) is 18.9. The summed E-state index contributed by atoms with van der Waals surface area (Å²) in [4.78, 5) is 0.364. The molecule has 1 aliphatic heterocycles. The van der Waals surface area contributed by atoms with E-state index in [4.69, 9.17) is 5.14 Å². The summed E-state index contributed by atoms with van der Waals surface area (Å²) in [6.07, 6.45) is -4.44. The number of nitrogens with zero attached hydrogens (tertiary/aromatic N) is 1. The molecule has 0 radical (unpaired) electrons. The highest BCUT2D eigenvalue weighted by Crippen LogP contribution is 2.40. The van der Waals surface area contributed by atoms with E-state index in [2.05, 4.69) is 4.72 Å². The lowest BCUT2D eigenvalue weighted by molar-refractivity contribution is -0.137. The molecule has 1 unspecified atom stereocenters. The number of halogens is 3. The molecule has 0 aliphatic carbocycles. The average Bonchev–Trinajstić information content (AvgIpc) is 2.58. The Kier molecular flexibility index (Phi) is 5.20. The molecule has 10 heteroatoms. The quantitative estimate of drug-likeness (QED) is 0.769. The van der Waals surface area contributed by atoms with Crippen LogP contribution >= 0.6 is 11.9 Å². The molecule has 0 saturated carbocycles. The smallest absolute Gasteiger partial charge is 0.239 e. The Morgan fingerprint density at radius 2 is 1.85 bits per heavy atom. The van der Waals surface area contributed by atoms with E-state index in [0.717, 1.165) is 33.9 Å². The van der Waals surface area contributed by atoms with Crippen LogP contribution in [0.15, 0.2) is 53.4 Å². The number of aryl methyl sites for hydroxylation is 1. The van der Waals surface area contributed by atoms with Crippen LogP contribution < -0.4 is 14.2 Å². The number of alkyl halides is 3. The molecule has 3 N–H and O–H groups in total. The molecule has 0 aromatic heterocycles. The lowest BCUT2D eigenvalue weighted by atomic mass is 10.1. The van der Waals surface area contributed by atoms with E-state index >= 15 is 0 Å². The van der Waals surface area contributed by atoms with Gasteiger partial charge < -0.3 is 0 Å². The molecule has 0 spiro atoms. The summed E-state index contributed by atoms with van der Waals surface area (Å²) in [6, 6.07) is 12.4. The van der Waals surface area contributed by atoms with Gasteiger partial charge in [0.25, 0.3) is 10.2 Å². The summed E-state index contributed by atoms with van der Waals surface area (Å²) in [5, 5.41) is 5.31. The molecule has 2 aromatic rings. The monoisotopic (exact) mass is 403 g/mol. The molecular weight excluding hydrogens is 387 g/mol. The van der Waals surface area contributed by atoms with Crippen molar-refractivity contribution in [1.82, 2.24) is 4.72 Å². The molecule has 1 atom stereocenters. The van der Waals surface area contributed by atoms with Gasteiger partial charge in [-0.05, 0) is 48.6 Å². The van der Waals surface area contributed by atoms with Crippen LogP contribution in [0.3, 0.4) is 0 Å². The Balaban J connectivity index is 1.94. The van der Waals surface area contributed by atoms with Crippen LogP contribution in [0.2, 0.25) is 0 Å². The van der Waals surface area contributed by atoms with E-state index in [1.807, 2.05) is 30.3 Å². The van der Waals surface area contributed by atoms with Crippen molar-refractivity contribution < 1.29 is 21.6 Å². The standard InChI is InChI=1S/C16H16F3N3O2S2/c17-16(18,19)12-7-8-14-13(10-12)22(26(20,23)24)15(21-25-14)9-6-11-4-2-1-3-5-11/h1-5,7-8,10,15,21H,6,9H2,(H2,20,23,24). The Labute approximate surface area is 153 Å². The maximum atomic E-state index is 13.0. The lowest BCUT2D eigenvalue weighted by Crippen LogP contribution is -2.52. The summed E-state index contributed by atoms with van der Waals surface area (Å²) in [6.45, 7) is 0. The van der Waals surface area contributed by atoms with Crippen molar-refractivity contribution in [1.29, 1.82) is 0 Å². The van der Waals surface area contributed by atoms with E-state index in [-0.39, 0.29) is 5.69 Å². The molecule has 0 amide bonds. The summed E-state index contributed by atoms with van der Waals surface area (Å²) >= 11 is 1.09. The second-order valence-electron chi connectivity index (χ2n) is 5.78. The van der Waals surface area contributed by atoms with Crippen LogP contribution in [0, 0.1) is 0 Å². The van der Waals surface area contributed by atoms with Crippen molar-refractivity contribution in [2.75, 3.05) is 4.31 Å². The number of hydrogen-bond acceptors (Lipinski definition) is 4. The van der Waals surface area contributed by atoms with E-state index in [1.165, 1.54) is 6.07 Å². The molecule has 0 saturated heterocycles. The number of fused-ring (bicyclic) bond motifs is 1. The maximum Gasteiger partial charge on any atom is 0.416 e. The normalized spacial score (nSPS) is 17.8. The third kappa shape index (κ3) is 4.14. The SMILES string of the molecule is NS(=O)(=O)N1c2cc(C(F)(F)F)ccc2SNC1CCc1ccccc1. The highest BCUT2D eigenvalue weighted by Gasteiger charge is 2.37. The van der Waals surface area contributed by atoms with E-state index in [0.29, 0.717) is 17.7 Å². The minimum absolute atomic E-state index is 0.0656. The molecule has 1 aliphatic rings. The highest BCUT2D eigenvalue weighted by molar-refractivity contribution is 7.98. The van der Waals surface area contributed by atoms with Crippen LogP contribution in [-0.2, 0) is 22.8 Å². The van der Waals surface area contributed by atoms with Crippen molar-refractivity contribution in [2.24, 2.45) is 5.14 Å². The van der Waals surface area contributed by atoms with Gasteiger partial charge >= 0.3 is 6.18 Å². The number of anilines is 1. The first-order valence-corrected chi connectivity index (χ1v) is 9.98. The molecule has 26 heavy (non-hydrogen) atoms. The van der Waals surface area contributed by atoms with Gasteiger partial charge in [-0.3, -0.25) is 0 Å². The van der Waals surface area contributed by atoms with Crippen LogP contribution in [0.4, 0.5) is 18.9 Å². The second kappa shape index (κ2) is 7.10. The lowest BCUT2D eigenvalue weighted by Gasteiger charge is -2.36. The molecule has 5 nitrogen and oxygen atoms in total. The summed E-state index contributed by atoms with van der Waals surface area (Å²) in [5.74, 6) is 0. The number of benzene rings is 2. The minimum Gasteiger partial charge on any atom is -0.239 e. The predicted molar refractivity (Wildman–Crippen MR) is 94.6 cm³/mol. The van der Waals surface area contributed by atoms with Gasteiger partial charge in [-0.15, -0.1) is 0 Å². The molecule has 3 rings (SSSR count). The van der Waals surface area contributed by atoms with E-state index in [9.17, 15) is 21.6 Å². The Bertz CT molecular complexity index is 889. The van der Waals surface area contributed by atoms with Crippen molar-refractivity contribution in [3.63, 3.8) is 0 Å². The molecule has 1 heterocycles. The molecule has 140 valence electrons. The molecular formula is C16H16F3N3O2S2. The second-order valence-corrected chi connectivity index (χ2v) is 8.08. The first-order valence-electron chi connectivity index (χ1n) is 7.66. The third-order valence-electron chi connectivity index (χ3n) is 3.94. The first-order chi connectivity index (χ1) is 12.2. The number of rotatable bonds is 4. The topological polar surface area (TPSA) is 75.4 Å². The minimum atomic E-state index is -4.58. The van der Waals surface area contributed by atoms with Gasteiger partial charge in [0.1, 0.15) is 6.17 Å². The van der Waals surface area contributed by atoms with Gasteiger partial charge in [0.2, 0.25) is 0 Å². The van der Waals surface area contributed by atoms with Crippen LogP contribution in [-0.4, -0.2) is 14.6 Å². The van der Waals surface area contributed by atoms with Gasteiger partial charge in [0, 0.05) is 4.90 Å². The Morgan fingerprint density at radius 3 is 2.46 bits per heavy atom. The fourth-order valence-corrected chi connectivity index (χ4v) is 4.68. The fourth-order valence-electron chi connectivity index (χ4n) is 2.74. The highest BCUT2D eigenvalue weighted by atomic mass is 32.2. The zero-order valence-electron chi connectivity index (χ0n) is 13.4. The zero-order valence-corrected chi connectivity index (χ0v) is 15.0. The van der Waals surface area contributed by atoms with Gasteiger partial charge in [0.15, 0.2) is 0 Å². The van der Waals surface area contributed by atoms with Crippen molar-refractivity contribution in [3.8, 4) is 0 Å². The number of hydrogen-bond donors (Lipinski definition) is 2. The van der Waals surface area contributed by atoms with Gasteiger partial charge in [-0.25, -0.2) is 14.2 Å².